The predicted octanol–water partition coefficient (Wildman–Crippen LogP) is 2.71. The third-order valence-electron chi connectivity index (χ3n) is 5.55. The molecule has 0 aromatic carbocycles. The number of hydrogen-bond acceptors (Lipinski definition) is 6. The van der Waals surface area contributed by atoms with E-state index in [0.29, 0.717) is 18.4 Å². The second-order valence-electron chi connectivity index (χ2n) is 9.03. The maximum Gasteiger partial charge on any atom is 0.266 e. The van der Waals surface area contributed by atoms with Gasteiger partial charge in [0.05, 0.1) is 12.2 Å². The molecule has 2 aromatic rings. The molecule has 1 aliphatic heterocycles. The average Bonchev–Trinajstić information content (AvgIpc) is 3.37. The summed E-state index contributed by atoms with van der Waals surface area (Å²) in [5.74, 6) is 2.59. The summed E-state index contributed by atoms with van der Waals surface area (Å²) >= 11 is 0. The number of likely N-dealkylation sites (tertiary alicyclic amines) is 1. The summed E-state index contributed by atoms with van der Waals surface area (Å²) < 4.78 is 7.00. The molecule has 0 unspecified atom stereocenters. The summed E-state index contributed by atoms with van der Waals surface area (Å²) in [6.45, 7) is 9.79. The maximum atomic E-state index is 12.2. The average molecular weight is 371 g/mol. The van der Waals surface area contributed by atoms with Gasteiger partial charge < -0.3 is 4.52 Å². The van der Waals surface area contributed by atoms with Crippen molar-refractivity contribution in [3.63, 3.8) is 0 Å². The van der Waals surface area contributed by atoms with Crippen LogP contribution in [0.25, 0.3) is 0 Å². The van der Waals surface area contributed by atoms with Crippen LogP contribution in [-0.2, 0) is 18.5 Å². The van der Waals surface area contributed by atoms with Crippen molar-refractivity contribution >= 4 is 0 Å². The first-order valence-corrected chi connectivity index (χ1v) is 10.0. The molecular formula is C20H29N5O2. The highest BCUT2D eigenvalue weighted by molar-refractivity contribution is 5.10. The molecule has 2 aliphatic rings. The zero-order valence-corrected chi connectivity index (χ0v) is 16.5. The van der Waals surface area contributed by atoms with Crippen molar-refractivity contribution in [2.24, 2.45) is 5.92 Å². The van der Waals surface area contributed by atoms with Gasteiger partial charge in [0.25, 0.3) is 5.56 Å². The number of rotatable bonds is 5. The summed E-state index contributed by atoms with van der Waals surface area (Å²) in [4.78, 5) is 19.1. The van der Waals surface area contributed by atoms with Crippen molar-refractivity contribution in [1.82, 2.24) is 24.8 Å². The fourth-order valence-electron chi connectivity index (χ4n) is 3.58. The molecule has 1 saturated carbocycles. The number of hydrogen-bond donors (Lipinski definition) is 0. The van der Waals surface area contributed by atoms with E-state index in [9.17, 15) is 4.79 Å². The third-order valence-corrected chi connectivity index (χ3v) is 5.55. The van der Waals surface area contributed by atoms with Gasteiger partial charge in [0.15, 0.2) is 5.82 Å². The Bertz CT molecular complexity index is 839. The van der Waals surface area contributed by atoms with Gasteiger partial charge in [-0.25, -0.2) is 4.68 Å². The Morgan fingerprint density at radius 2 is 1.89 bits per heavy atom. The summed E-state index contributed by atoms with van der Waals surface area (Å²) in [6, 6.07) is 3.50. The molecule has 7 heteroatoms. The molecule has 2 aromatic heterocycles. The Kier molecular flexibility index (Phi) is 4.88. The van der Waals surface area contributed by atoms with E-state index in [-0.39, 0.29) is 11.0 Å². The van der Waals surface area contributed by atoms with Crippen molar-refractivity contribution in [1.29, 1.82) is 0 Å². The van der Waals surface area contributed by atoms with Gasteiger partial charge >= 0.3 is 0 Å². The maximum absolute atomic E-state index is 12.2. The zero-order chi connectivity index (χ0) is 19.0. The first-order chi connectivity index (χ1) is 12.9. The van der Waals surface area contributed by atoms with Gasteiger partial charge in [-0.3, -0.25) is 9.69 Å². The van der Waals surface area contributed by atoms with Gasteiger partial charge in [0, 0.05) is 23.9 Å². The predicted molar refractivity (Wildman–Crippen MR) is 101 cm³/mol. The first kappa shape index (κ1) is 18.3. The fraction of sp³-hybridized carbons (Fsp3) is 0.700. The Balaban J connectivity index is 1.32. The normalized spacial score (nSPS) is 19.5. The molecule has 0 amide bonds. The van der Waals surface area contributed by atoms with E-state index in [4.69, 9.17) is 4.52 Å². The van der Waals surface area contributed by atoms with Crippen LogP contribution < -0.4 is 5.56 Å². The zero-order valence-electron chi connectivity index (χ0n) is 16.5. The molecule has 0 N–H and O–H groups in total. The molecular weight excluding hydrogens is 342 g/mol. The van der Waals surface area contributed by atoms with Crippen molar-refractivity contribution in [2.45, 2.75) is 70.9 Å². The van der Waals surface area contributed by atoms with Gasteiger partial charge in [-0.05, 0) is 50.8 Å². The lowest BCUT2D eigenvalue weighted by atomic mass is 9.92. The minimum atomic E-state index is -0.0528. The van der Waals surface area contributed by atoms with Crippen LogP contribution in [0, 0.1) is 5.92 Å². The highest BCUT2D eigenvalue weighted by Crippen LogP contribution is 2.38. The van der Waals surface area contributed by atoms with E-state index < -0.39 is 0 Å². The molecule has 1 aliphatic carbocycles. The topological polar surface area (TPSA) is 77.0 Å². The molecule has 2 fully saturated rings. The van der Waals surface area contributed by atoms with Crippen molar-refractivity contribution < 1.29 is 4.52 Å². The summed E-state index contributed by atoms with van der Waals surface area (Å²) in [5.41, 5.74) is 0.899. The van der Waals surface area contributed by atoms with E-state index in [2.05, 4.69) is 40.9 Å². The molecule has 0 radical (unpaired) electrons. The minimum Gasteiger partial charge on any atom is -0.339 e. The molecule has 0 atom stereocenters. The molecule has 7 nitrogen and oxygen atoms in total. The van der Waals surface area contributed by atoms with Crippen molar-refractivity contribution in [2.75, 3.05) is 13.1 Å². The molecule has 146 valence electrons. The number of piperidine rings is 1. The lowest BCUT2D eigenvalue weighted by Gasteiger charge is -2.31. The Labute approximate surface area is 159 Å². The second kappa shape index (κ2) is 7.19. The third kappa shape index (κ3) is 4.46. The molecule has 0 spiro atoms. The van der Waals surface area contributed by atoms with E-state index in [0.717, 1.165) is 49.9 Å². The van der Waals surface area contributed by atoms with Crippen LogP contribution in [0.1, 0.15) is 69.8 Å². The molecule has 4 rings (SSSR count). The van der Waals surface area contributed by atoms with Crippen LogP contribution in [0.3, 0.4) is 0 Å². The van der Waals surface area contributed by atoms with Crippen LogP contribution in [0.5, 0.6) is 0 Å². The van der Waals surface area contributed by atoms with Gasteiger partial charge in [-0.15, -0.1) is 0 Å². The second-order valence-corrected chi connectivity index (χ2v) is 9.03. The summed E-state index contributed by atoms with van der Waals surface area (Å²) in [7, 11) is 0. The van der Waals surface area contributed by atoms with Crippen LogP contribution in [0.2, 0.25) is 0 Å². The van der Waals surface area contributed by atoms with Gasteiger partial charge in [-0.2, -0.15) is 10.1 Å². The van der Waals surface area contributed by atoms with E-state index in [1.807, 2.05) is 6.07 Å². The standard InChI is InChI=1S/C20H29N5O2/c1-20(2,3)16-6-7-18(26)25(22-16)12-14-8-10-24(11-9-14)13-17-21-19(27-23-17)15-4-5-15/h6-7,14-15H,4-5,8-13H2,1-3H3. The highest BCUT2D eigenvalue weighted by atomic mass is 16.5. The quantitative estimate of drug-likeness (QED) is 0.804. The molecule has 1 saturated heterocycles. The minimum absolute atomic E-state index is 0.00941. The summed E-state index contributed by atoms with van der Waals surface area (Å²) in [6.07, 6.45) is 4.47. The smallest absolute Gasteiger partial charge is 0.266 e. The van der Waals surface area contributed by atoms with Gasteiger partial charge in [0.1, 0.15) is 0 Å². The summed E-state index contributed by atoms with van der Waals surface area (Å²) in [5, 5.41) is 8.73. The largest absolute Gasteiger partial charge is 0.339 e. The van der Waals surface area contributed by atoms with Crippen LogP contribution >= 0.6 is 0 Å². The number of nitrogens with zero attached hydrogens (tertiary/aromatic N) is 5. The molecule has 3 heterocycles. The van der Waals surface area contributed by atoms with Crippen molar-refractivity contribution in [3.8, 4) is 0 Å². The van der Waals surface area contributed by atoms with Crippen LogP contribution in [0.15, 0.2) is 21.5 Å². The Morgan fingerprint density at radius 3 is 2.56 bits per heavy atom. The van der Waals surface area contributed by atoms with Crippen molar-refractivity contribution in [3.05, 3.63) is 39.9 Å². The molecule has 0 bridgehead atoms. The molecule has 27 heavy (non-hydrogen) atoms. The van der Waals surface area contributed by atoms with E-state index in [1.54, 1.807) is 10.7 Å². The fourth-order valence-corrected chi connectivity index (χ4v) is 3.58. The highest BCUT2D eigenvalue weighted by Gasteiger charge is 2.30. The van der Waals surface area contributed by atoms with E-state index in [1.165, 1.54) is 12.8 Å². The first-order valence-electron chi connectivity index (χ1n) is 10.0. The van der Waals surface area contributed by atoms with Gasteiger partial charge in [-0.1, -0.05) is 25.9 Å². The SMILES string of the molecule is CC(C)(C)c1ccc(=O)n(CC2CCN(Cc3noc(C4CC4)n3)CC2)n1. The van der Waals surface area contributed by atoms with Crippen LogP contribution in [0.4, 0.5) is 0 Å². The monoisotopic (exact) mass is 371 g/mol. The van der Waals surface area contributed by atoms with Crippen LogP contribution in [-0.4, -0.2) is 37.9 Å². The number of aromatic nitrogens is 4. The van der Waals surface area contributed by atoms with Gasteiger partial charge in [0.2, 0.25) is 5.89 Å². The Hall–Kier alpha value is -2.02. The lowest BCUT2D eigenvalue weighted by molar-refractivity contribution is 0.158. The lowest BCUT2D eigenvalue weighted by Crippen LogP contribution is -2.37. The Morgan fingerprint density at radius 1 is 1.15 bits per heavy atom. The van der Waals surface area contributed by atoms with E-state index >= 15 is 0 Å².